The van der Waals surface area contributed by atoms with E-state index in [4.69, 9.17) is 5.73 Å². The third-order valence-electron chi connectivity index (χ3n) is 2.51. The van der Waals surface area contributed by atoms with Gasteiger partial charge in [-0.1, -0.05) is 13.0 Å². The normalized spacial score (nSPS) is 12.6. The van der Waals surface area contributed by atoms with Crippen LogP contribution in [0.15, 0.2) is 36.7 Å². The fourth-order valence-electron chi connectivity index (χ4n) is 1.72. The Kier molecular flexibility index (Phi) is 3.31. The van der Waals surface area contributed by atoms with Crippen LogP contribution in [0.5, 0.6) is 0 Å². The Morgan fingerprint density at radius 3 is 2.88 bits per heavy atom. The first-order chi connectivity index (χ1) is 7.83. The van der Waals surface area contributed by atoms with E-state index in [1.165, 1.54) is 0 Å². The van der Waals surface area contributed by atoms with Crippen molar-refractivity contribution in [2.45, 2.75) is 25.9 Å². The Morgan fingerprint density at radius 1 is 1.31 bits per heavy atom. The summed E-state index contributed by atoms with van der Waals surface area (Å²) in [5, 5.41) is 4.26. The van der Waals surface area contributed by atoms with E-state index in [-0.39, 0.29) is 6.04 Å². The molecule has 0 saturated heterocycles. The zero-order valence-corrected chi connectivity index (χ0v) is 9.37. The minimum Gasteiger partial charge on any atom is -0.318 e. The van der Waals surface area contributed by atoms with Crippen LogP contribution in [0, 0.1) is 0 Å². The van der Waals surface area contributed by atoms with Crippen molar-refractivity contribution in [3.05, 3.63) is 48.0 Å². The Morgan fingerprint density at radius 2 is 2.19 bits per heavy atom. The fourth-order valence-corrected chi connectivity index (χ4v) is 1.72. The zero-order chi connectivity index (χ0) is 11.4. The summed E-state index contributed by atoms with van der Waals surface area (Å²) < 4.78 is 1.94. The van der Waals surface area contributed by atoms with Crippen LogP contribution < -0.4 is 5.73 Å². The van der Waals surface area contributed by atoms with Crippen LogP contribution in [0.2, 0.25) is 0 Å². The molecule has 0 radical (unpaired) electrons. The third kappa shape index (κ3) is 2.12. The number of pyridine rings is 1. The lowest BCUT2D eigenvalue weighted by atomic mass is 10.1. The summed E-state index contributed by atoms with van der Waals surface area (Å²) in [6, 6.07) is 7.53. The lowest BCUT2D eigenvalue weighted by Gasteiger charge is -2.13. The van der Waals surface area contributed by atoms with Crippen LogP contribution >= 0.6 is 0 Å². The number of aryl methyl sites for hydroxylation is 1. The highest BCUT2D eigenvalue weighted by atomic mass is 15.3. The average Bonchev–Trinajstić information content (AvgIpc) is 2.78. The van der Waals surface area contributed by atoms with E-state index in [1.54, 1.807) is 12.4 Å². The Balaban J connectivity index is 2.27. The predicted molar refractivity (Wildman–Crippen MR) is 62.8 cm³/mol. The maximum absolute atomic E-state index is 6.17. The predicted octanol–water partition coefficient (Wildman–Crippen LogP) is 1.74. The molecule has 2 heterocycles. The summed E-state index contributed by atoms with van der Waals surface area (Å²) >= 11 is 0. The van der Waals surface area contributed by atoms with Crippen molar-refractivity contribution in [2.75, 3.05) is 0 Å². The topological polar surface area (TPSA) is 56.7 Å². The van der Waals surface area contributed by atoms with Gasteiger partial charge in [0.05, 0.1) is 17.4 Å². The van der Waals surface area contributed by atoms with Gasteiger partial charge in [-0.15, -0.1) is 0 Å². The van der Waals surface area contributed by atoms with E-state index in [1.807, 2.05) is 28.9 Å². The summed E-state index contributed by atoms with van der Waals surface area (Å²) in [7, 11) is 0. The molecule has 2 aromatic rings. The molecule has 4 heteroatoms. The van der Waals surface area contributed by atoms with E-state index >= 15 is 0 Å². The van der Waals surface area contributed by atoms with E-state index in [9.17, 15) is 0 Å². The molecule has 16 heavy (non-hydrogen) atoms. The molecule has 1 atom stereocenters. The lowest BCUT2D eigenvalue weighted by molar-refractivity contribution is 0.557. The number of nitrogens with two attached hydrogens (primary N) is 1. The fraction of sp³-hybridized carbons (Fsp3) is 0.333. The zero-order valence-electron chi connectivity index (χ0n) is 9.37. The van der Waals surface area contributed by atoms with Crippen molar-refractivity contribution in [3.63, 3.8) is 0 Å². The van der Waals surface area contributed by atoms with Crippen molar-refractivity contribution in [2.24, 2.45) is 5.73 Å². The van der Waals surface area contributed by atoms with Gasteiger partial charge in [0.25, 0.3) is 0 Å². The molecule has 4 nitrogen and oxygen atoms in total. The first-order valence-electron chi connectivity index (χ1n) is 5.51. The van der Waals surface area contributed by atoms with Crippen LogP contribution in [0.3, 0.4) is 0 Å². The van der Waals surface area contributed by atoms with Gasteiger partial charge in [-0.05, 0) is 24.6 Å². The molecule has 0 aromatic carbocycles. The first-order valence-corrected chi connectivity index (χ1v) is 5.51. The summed E-state index contributed by atoms with van der Waals surface area (Å²) in [5.41, 5.74) is 8.06. The highest BCUT2D eigenvalue weighted by molar-refractivity contribution is 5.20. The van der Waals surface area contributed by atoms with E-state index in [0.717, 1.165) is 24.4 Å². The standard InChI is InChI=1S/C12H16N4/c1-2-9-16-11(6-8-15-16)12(13)10-5-3-4-7-14-10/h3-8,12H,2,9,13H2,1H3. The van der Waals surface area contributed by atoms with Gasteiger partial charge in [-0.2, -0.15) is 5.10 Å². The maximum atomic E-state index is 6.17. The van der Waals surface area contributed by atoms with Crippen molar-refractivity contribution in [1.82, 2.24) is 14.8 Å². The van der Waals surface area contributed by atoms with Crippen LogP contribution in [-0.4, -0.2) is 14.8 Å². The minimum atomic E-state index is -0.199. The van der Waals surface area contributed by atoms with Gasteiger partial charge in [-0.3, -0.25) is 9.67 Å². The highest BCUT2D eigenvalue weighted by Crippen LogP contribution is 2.16. The molecule has 0 amide bonds. The van der Waals surface area contributed by atoms with Gasteiger partial charge in [0.1, 0.15) is 0 Å². The van der Waals surface area contributed by atoms with Gasteiger partial charge in [0, 0.05) is 18.9 Å². The molecule has 1 unspecified atom stereocenters. The number of rotatable bonds is 4. The Bertz CT molecular complexity index is 435. The van der Waals surface area contributed by atoms with Gasteiger partial charge in [0.2, 0.25) is 0 Å². The molecule has 0 aliphatic rings. The quantitative estimate of drug-likeness (QED) is 0.846. The SMILES string of the molecule is CCCn1nccc1C(N)c1ccccn1. The van der Waals surface area contributed by atoms with Crippen molar-refractivity contribution >= 4 is 0 Å². The summed E-state index contributed by atoms with van der Waals surface area (Å²) in [4.78, 5) is 4.27. The van der Waals surface area contributed by atoms with Crippen molar-refractivity contribution in [1.29, 1.82) is 0 Å². The number of hydrogen-bond donors (Lipinski definition) is 1. The van der Waals surface area contributed by atoms with Crippen LogP contribution in [0.1, 0.15) is 30.8 Å². The molecule has 2 aromatic heterocycles. The second-order valence-electron chi connectivity index (χ2n) is 3.71. The Labute approximate surface area is 95.1 Å². The summed E-state index contributed by atoms with van der Waals surface area (Å²) in [6.45, 7) is 3.01. The smallest absolute Gasteiger partial charge is 0.0896 e. The van der Waals surface area contributed by atoms with Crippen molar-refractivity contribution in [3.8, 4) is 0 Å². The molecule has 0 aliphatic heterocycles. The highest BCUT2D eigenvalue weighted by Gasteiger charge is 2.14. The second-order valence-corrected chi connectivity index (χ2v) is 3.71. The van der Waals surface area contributed by atoms with E-state index < -0.39 is 0 Å². The molecular formula is C12H16N4. The molecule has 0 aliphatic carbocycles. The van der Waals surface area contributed by atoms with Crippen LogP contribution in [-0.2, 0) is 6.54 Å². The molecule has 0 bridgehead atoms. The number of hydrogen-bond acceptors (Lipinski definition) is 3. The Hall–Kier alpha value is -1.68. The third-order valence-corrected chi connectivity index (χ3v) is 2.51. The monoisotopic (exact) mass is 216 g/mol. The molecule has 0 fully saturated rings. The van der Waals surface area contributed by atoms with E-state index in [0.29, 0.717) is 0 Å². The van der Waals surface area contributed by atoms with Gasteiger partial charge < -0.3 is 5.73 Å². The number of nitrogens with zero attached hydrogens (tertiary/aromatic N) is 3. The van der Waals surface area contributed by atoms with Gasteiger partial charge in [-0.25, -0.2) is 0 Å². The first kappa shape index (κ1) is 10.8. The minimum absolute atomic E-state index is 0.199. The van der Waals surface area contributed by atoms with Gasteiger partial charge in [0.15, 0.2) is 0 Å². The lowest BCUT2D eigenvalue weighted by Crippen LogP contribution is -2.18. The molecule has 0 spiro atoms. The number of aromatic nitrogens is 3. The maximum Gasteiger partial charge on any atom is 0.0896 e. The molecule has 2 rings (SSSR count). The summed E-state index contributed by atoms with van der Waals surface area (Å²) in [6.07, 6.45) is 4.59. The van der Waals surface area contributed by atoms with Crippen molar-refractivity contribution < 1.29 is 0 Å². The van der Waals surface area contributed by atoms with Gasteiger partial charge >= 0.3 is 0 Å². The second kappa shape index (κ2) is 4.90. The average molecular weight is 216 g/mol. The van der Waals surface area contributed by atoms with Crippen LogP contribution in [0.25, 0.3) is 0 Å². The van der Waals surface area contributed by atoms with Crippen LogP contribution in [0.4, 0.5) is 0 Å². The molecule has 2 N–H and O–H groups in total. The molecule has 0 saturated carbocycles. The molecule has 84 valence electrons. The molecular weight excluding hydrogens is 200 g/mol. The largest absolute Gasteiger partial charge is 0.318 e. The van der Waals surface area contributed by atoms with E-state index in [2.05, 4.69) is 17.0 Å². The summed E-state index contributed by atoms with van der Waals surface area (Å²) in [5.74, 6) is 0.